The van der Waals surface area contributed by atoms with E-state index in [4.69, 9.17) is 0 Å². The van der Waals surface area contributed by atoms with Crippen LogP contribution in [-0.2, 0) is 10.0 Å². The van der Waals surface area contributed by atoms with Crippen LogP contribution in [0.4, 0.5) is 5.69 Å². The summed E-state index contributed by atoms with van der Waals surface area (Å²) in [7, 11) is -3.35. The van der Waals surface area contributed by atoms with Gasteiger partial charge in [-0.2, -0.15) is 0 Å². The number of fused-ring (bicyclic) bond motifs is 3. The molecule has 2 N–H and O–H groups in total. The van der Waals surface area contributed by atoms with Gasteiger partial charge in [-0.3, -0.25) is 13.9 Å². The molecule has 0 aliphatic carbocycles. The normalized spacial score (nSPS) is 13.1. The van der Waals surface area contributed by atoms with Crippen molar-refractivity contribution >= 4 is 50.1 Å². The Morgan fingerprint density at radius 3 is 2.61 bits per heavy atom. The van der Waals surface area contributed by atoms with E-state index < -0.39 is 10.0 Å². The summed E-state index contributed by atoms with van der Waals surface area (Å²) in [5.74, 6) is 0.552. The molecule has 8 nitrogen and oxygen atoms in total. The second-order valence-electron chi connectivity index (χ2n) is 6.34. The lowest BCUT2D eigenvalue weighted by Crippen LogP contribution is -2.14. The first kappa shape index (κ1) is 18.5. The van der Waals surface area contributed by atoms with Crippen molar-refractivity contribution in [3.05, 3.63) is 54.1 Å². The van der Waals surface area contributed by atoms with Crippen LogP contribution in [0.25, 0.3) is 16.8 Å². The number of aromatic nitrogens is 4. The van der Waals surface area contributed by atoms with Crippen LogP contribution in [0.15, 0.2) is 53.7 Å². The van der Waals surface area contributed by atoms with Gasteiger partial charge in [-0.1, -0.05) is 23.9 Å². The van der Waals surface area contributed by atoms with Crippen molar-refractivity contribution in [2.75, 3.05) is 11.0 Å². The molecule has 2 aromatic carbocycles. The summed E-state index contributed by atoms with van der Waals surface area (Å²) >= 11 is 1.34. The van der Waals surface area contributed by atoms with Crippen molar-refractivity contribution in [3.8, 4) is 0 Å². The second kappa shape index (κ2) is 6.95. The van der Waals surface area contributed by atoms with Gasteiger partial charge < -0.3 is 0 Å². The van der Waals surface area contributed by atoms with Gasteiger partial charge in [-0.05, 0) is 43.3 Å². The summed E-state index contributed by atoms with van der Waals surface area (Å²) in [6.07, 6.45) is 1.08. The highest BCUT2D eigenvalue weighted by Crippen LogP contribution is 2.28. The minimum absolute atomic E-state index is 0.0727. The maximum atomic E-state index is 12.8. The molecular weight excluding hydrogens is 398 g/mol. The van der Waals surface area contributed by atoms with Crippen LogP contribution in [-0.4, -0.2) is 45.3 Å². The number of nitrogens with one attached hydrogen (secondary N) is 2. The molecule has 0 saturated heterocycles. The largest absolute Gasteiger partial charge is 0.293 e. The molecular formula is C18H17N5O3S2. The number of thioether (sulfide) groups is 1. The van der Waals surface area contributed by atoms with Crippen LogP contribution in [0.3, 0.4) is 0 Å². The standard InChI is InChI=1S/C18H17N5O3S2/c1-11(16(24)12-7-9-13(10-8-12)22-28(2,25)26)27-18-21-20-17-19-14-5-3-4-6-15(14)23(17)18/h3-11,22H,1-2H3,(H,19,20)/t11-/m0/s1. The predicted molar refractivity (Wildman–Crippen MR) is 109 cm³/mol. The lowest BCUT2D eigenvalue weighted by atomic mass is 10.1. The Morgan fingerprint density at radius 2 is 1.89 bits per heavy atom. The summed E-state index contributed by atoms with van der Waals surface area (Å²) in [6, 6.07) is 14.1. The minimum atomic E-state index is -3.35. The molecule has 144 valence electrons. The smallest absolute Gasteiger partial charge is 0.231 e. The van der Waals surface area contributed by atoms with Crippen LogP contribution in [0.5, 0.6) is 0 Å². The number of ketones is 1. The van der Waals surface area contributed by atoms with E-state index in [0.717, 1.165) is 17.3 Å². The summed E-state index contributed by atoms with van der Waals surface area (Å²) < 4.78 is 26.8. The van der Waals surface area contributed by atoms with Crippen molar-refractivity contribution in [2.45, 2.75) is 17.3 Å². The van der Waals surface area contributed by atoms with E-state index in [9.17, 15) is 13.2 Å². The Kier molecular flexibility index (Phi) is 4.60. The zero-order valence-corrected chi connectivity index (χ0v) is 16.7. The molecule has 0 saturated carbocycles. The number of hydrogen-bond donors (Lipinski definition) is 2. The Balaban J connectivity index is 1.56. The quantitative estimate of drug-likeness (QED) is 0.370. The fourth-order valence-corrected chi connectivity index (χ4v) is 4.40. The molecule has 0 fully saturated rings. The number of aromatic amines is 1. The number of sulfonamides is 1. The molecule has 0 unspecified atom stereocenters. The lowest BCUT2D eigenvalue weighted by Gasteiger charge is -2.10. The number of H-pyrrole nitrogens is 1. The van der Waals surface area contributed by atoms with Gasteiger partial charge in [-0.15, -0.1) is 5.10 Å². The molecule has 2 heterocycles. The van der Waals surface area contributed by atoms with Crippen LogP contribution >= 0.6 is 11.8 Å². The Labute approximate surface area is 165 Å². The number of benzene rings is 2. The third-order valence-electron chi connectivity index (χ3n) is 4.13. The van der Waals surface area contributed by atoms with Crippen molar-refractivity contribution in [3.63, 3.8) is 0 Å². The van der Waals surface area contributed by atoms with Crippen molar-refractivity contribution in [1.29, 1.82) is 0 Å². The van der Waals surface area contributed by atoms with Crippen LogP contribution in [0, 0.1) is 0 Å². The van der Waals surface area contributed by atoms with E-state index >= 15 is 0 Å². The molecule has 10 heteroatoms. The van der Waals surface area contributed by atoms with Gasteiger partial charge in [0.25, 0.3) is 0 Å². The van der Waals surface area contributed by atoms with Gasteiger partial charge in [0.2, 0.25) is 15.8 Å². The first-order chi connectivity index (χ1) is 13.3. The number of imidazole rings is 1. The highest BCUT2D eigenvalue weighted by atomic mass is 32.2. The molecule has 28 heavy (non-hydrogen) atoms. The molecule has 0 aliphatic rings. The van der Waals surface area contributed by atoms with Crippen LogP contribution < -0.4 is 4.72 Å². The van der Waals surface area contributed by atoms with E-state index in [1.54, 1.807) is 24.3 Å². The molecule has 4 aromatic rings. The van der Waals surface area contributed by atoms with Gasteiger partial charge in [0.15, 0.2) is 10.9 Å². The molecule has 0 amide bonds. The first-order valence-electron chi connectivity index (χ1n) is 8.42. The highest BCUT2D eigenvalue weighted by Gasteiger charge is 2.21. The average molecular weight is 416 g/mol. The number of carbonyl (C=O) groups excluding carboxylic acids is 1. The average Bonchev–Trinajstić information content (AvgIpc) is 3.20. The van der Waals surface area contributed by atoms with E-state index in [0.29, 0.717) is 22.2 Å². The third kappa shape index (κ3) is 3.60. The summed E-state index contributed by atoms with van der Waals surface area (Å²) in [6.45, 7) is 1.81. The highest BCUT2D eigenvalue weighted by molar-refractivity contribution is 8.00. The van der Waals surface area contributed by atoms with Gasteiger partial charge >= 0.3 is 0 Å². The van der Waals surface area contributed by atoms with E-state index in [1.807, 2.05) is 35.6 Å². The molecule has 0 bridgehead atoms. The number of carbonyl (C=O) groups is 1. The Hall–Kier alpha value is -2.85. The number of rotatable bonds is 6. The fourth-order valence-electron chi connectivity index (χ4n) is 2.88. The van der Waals surface area contributed by atoms with Crippen molar-refractivity contribution < 1.29 is 13.2 Å². The van der Waals surface area contributed by atoms with Crippen molar-refractivity contribution in [2.24, 2.45) is 0 Å². The van der Waals surface area contributed by atoms with Gasteiger partial charge in [0.05, 0.1) is 22.5 Å². The maximum Gasteiger partial charge on any atom is 0.231 e. The maximum absolute atomic E-state index is 12.8. The van der Waals surface area contributed by atoms with Crippen LogP contribution in [0.2, 0.25) is 0 Å². The third-order valence-corrected chi connectivity index (χ3v) is 5.79. The van der Waals surface area contributed by atoms with Gasteiger partial charge in [0.1, 0.15) is 0 Å². The van der Waals surface area contributed by atoms with E-state index in [-0.39, 0.29) is 11.0 Å². The van der Waals surface area contributed by atoms with Gasteiger partial charge in [-0.25, -0.2) is 18.5 Å². The summed E-state index contributed by atoms with van der Waals surface area (Å²) in [4.78, 5) is 17.3. The summed E-state index contributed by atoms with van der Waals surface area (Å²) in [5, 5.41) is 7.45. The number of hydrogen-bond acceptors (Lipinski definition) is 6. The topological polar surface area (TPSA) is 109 Å². The van der Waals surface area contributed by atoms with Crippen molar-refractivity contribution in [1.82, 2.24) is 19.6 Å². The second-order valence-corrected chi connectivity index (χ2v) is 9.40. The monoisotopic (exact) mass is 415 g/mol. The Morgan fingerprint density at radius 1 is 1.18 bits per heavy atom. The molecule has 0 spiro atoms. The Bertz CT molecular complexity index is 1280. The lowest BCUT2D eigenvalue weighted by molar-refractivity contribution is 0.0994. The SMILES string of the molecule is C[C@H](Sc1n[nH]c2nc3ccccc3n12)C(=O)c1ccc(NS(C)(=O)=O)cc1. The van der Waals surface area contributed by atoms with Crippen LogP contribution in [0.1, 0.15) is 17.3 Å². The fraction of sp³-hybridized carbons (Fsp3) is 0.167. The molecule has 0 aliphatic heterocycles. The zero-order valence-electron chi connectivity index (χ0n) is 15.1. The van der Waals surface area contributed by atoms with Gasteiger partial charge in [0, 0.05) is 11.3 Å². The molecule has 1 atom stereocenters. The number of para-hydroxylation sites is 2. The molecule has 4 rings (SSSR count). The number of nitrogens with zero attached hydrogens (tertiary/aromatic N) is 3. The predicted octanol–water partition coefficient (Wildman–Crippen LogP) is 2.95. The molecule has 0 radical (unpaired) electrons. The van der Waals surface area contributed by atoms with E-state index in [2.05, 4.69) is 19.9 Å². The number of anilines is 1. The summed E-state index contributed by atoms with van der Waals surface area (Å²) in [5.41, 5.74) is 2.69. The zero-order chi connectivity index (χ0) is 19.9. The molecule has 2 aromatic heterocycles. The first-order valence-corrected chi connectivity index (χ1v) is 11.2. The minimum Gasteiger partial charge on any atom is -0.293 e. The number of Topliss-reactive ketones (excluding diaryl/α,β-unsaturated/α-hetero) is 1. The van der Waals surface area contributed by atoms with E-state index in [1.165, 1.54) is 11.8 Å².